The lowest BCUT2D eigenvalue weighted by Gasteiger charge is -2.23. The minimum atomic E-state index is -0.722. The zero-order chi connectivity index (χ0) is 16.0. The molecule has 0 unspecified atom stereocenters. The van der Waals surface area contributed by atoms with E-state index in [1.165, 1.54) is 17.2 Å². The number of nitro groups is 1. The van der Waals surface area contributed by atoms with Crippen molar-refractivity contribution in [1.29, 1.82) is 5.26 Å². The van der Waals surface area contributed by atoms with E-state index in [1.807, 2.05) is 19.9 Å². The Balaban J connectivity index is 3.17. The van der Waals surface area contributed by atoms with Crippen LogP contribution in [0.25, 0.3) is 0 Å². The van der Waals surface area contributed by atoms with Crippen molar-refractivity contribution in [1.82, 2.24) is 9.88 Å². The second-order valence-corrected chi connectivity index (χ2v) is 5.17. The molecule has 8 heteroatoms. The van der Waals surface area contributed by atoms with Crippen LogP contribution < -0.4 is 0 Å². The topological polar surface area (TPSA) is 100 Å². The second-order valence-electron chi connectivity index (χ2n) is 4.81. The van der Waals surface area contributed by atoms with Crippen molar-refractivity contribution in [2.75, 3.05) is 13.1 Å². The van der Waals surface area contributed by atoms with Gasteiger partial charge >= 0.3 is 5.69 Å². The fourth-order valence-corrected chi connectivity index (χ4v) is 2.07. The smallest absolute Gasteiger partial charge is 0.319 e. The highest BCUT2D eigenvalue weighted by atomic mass is 35.5. The van der Waals surface area contributed by atoms with Gasteiger partial charge in [0, 0.05) is 19.3 Å². The fourth-order valence-electron chi connectivity index (χ4n) is 1.85. The highest BCUT2D eigenvalue weighted by molar-refractivity contribution is 6.32. The van der Waals surface area contributed by atoms with Gasteiger partial charge in [-0.05, 0) is 12.0 Å². The Morgan fingerprint density at radius 2 is 2.29 bits per heavy atom. The van der Waals surface area contributed by atoms with E-state index in [1.54, 1.807) is 0 Å². The maximum atomic E-state index is 12.5. The summed E-state index contributed by atoms with van der Waals surface area (Å²) in [5.74, 6) is -0.348. The summed E-state index contributed by atoms with van der Waals surface area (Å²) in [5, 5.41) is 19.4. The van der Waals surface area contributed by atoms with Crippen molar-refractivity contribution in [2.45, 2.75) is 20.3 Å². The lowest BCUT2D eigenvalue weighted by Crippen LogP contribution is -2.35. The third-order valence-electron chi connectivity index (χ3n) is 2.66. The Bertz CT molecular complexity index is 583. The number of carbonyl (C=O) groups is 1. The molecule has 0 fully saturated rings. The number of amides is 1. The summed E-state index contributed by atoms with van der Waals surface area (Å²) >= 11 is 5.71. The maximum absolute atomic E-state index is 12.5. The molecule has 0 aliphatic heterocycles. The Hall–Kier alpha value is -2.20. The van der Waals surface area contributed by atoms with Gasteiger partial charge in [-0.1, -0.05) is 25.4 Å². The number of carbonyl (C=O) groups excluding carboxylic acids is 1. The molecule has 0 N–H and O–H groups in total. The first-order valence-corrected chi connectivity index (χ1v) is 6.71. The van der Waals surface area contributed by atoms with Gasteiger partial charge in [0.15, 0.2) is 0 Å². The van der Waals surface area contributed by atoms with Crippen LogP contribution in [0.15, 0.2) is 12.3 Å². The van der Waals surface area contributed by atoms with Crippen LogP contribution in [0.4, 0.5) is 5.69 Å². The second kappa shape index (κ2) is 7.55. The molecule has 0 bridgehead atoms. The van der Waals surface area contributed by atoms with Crippen LogP contribution in [0, 0.1) is 27.4 Å². The van der Waals surface area contributed by atoms with E-state index in [2.05, 4.69) is 4.98 Å². The number of hydrogen-bond donors (Lipinski definition) is 0. The molecule has 0 aliphatic carbocycles. The molecule has 21 heavy (non-hydrogen) atoms. The molecule has 0 atom stereocenters. The van der Waals surface area contributed by atoms with Crippen LogP contribution in [0.2, 0.25) is 5.15 Å². The van der Waals surface area contributed by atoms with Gasteiger partial charge in [-0.2, -0.15) is 5.26 Å². The molecule has 1 amide bonds. The summed E-state index contributed by atoms with van der Waals surface area (Å²) < 4.78 is 0. The molecule has 0 radical (unpaired) electrons. The minimum absolute atomic E-state index is 0.112. The number of halogens is 1. The highest BCUT2D eigenvalue weighted by Crippen LogP contribution is 2.27. The number of aromatic nitrogens is 1. The number of rotatable bonds is 6. The van der Waals surface area contributed by atoms with Crippen LogP contribution in [0.5, 0.6) is 0 Å². The zero-order valence-electron chi connectivity index (χ0n) is 11.7. The summed E-state index contributed by atoms with van der Waals surface area (Å²) in [5.41, 5.74) is -0.617. The molecule has 112 valence electrons. The van der Waals surface area contributed by atoms with Gasteiger partial charge in [0.05, 0.1) is 17.4 Å². The molecule has 1 heterocycles. The lowest BCUT2D eigenvalue weighted by atomic mass is 10.1. The maximum Gasteiger partial charge on any atom is 0.319 e. The van der Waals surface area contributed by atoms with Crippen molar-refractivity contribution < 1.29 is 9.72 Å². The fraction of sp³-hybridized carbons (Fsp3) is 0.462. The first-order chi connectivity index (χ1) is 9.88. The third kappa shape index (κ3) is 4.39. The predicted molar refractivity (Wildman–Crippen MR) is 76.9 cm³/mol. The summed E-state index contributed by atoms with van der Waals surface area (Å²) in [6, 6.07) is 3.23. The van der Waals surface area contributed by atoms with Crippen LogP contribution in [-0.2, 0) is 0 Å². The van der Waals surface area contributed by atoms with Crippen molar-refractivity contribution in [2.24, 2.45) is 5.92 Å². The first kappa shape index (κ1) is 16.9. The van der Waals surface area contributed by atoms with E-state index in [0.29, 0.717) is 6.54 Å². The van der Waals surface area contributed by atoms with Crippen molar-refractivity contribution in [3.05, 3.63) is 33.1 Å². The normalized spacial score (nSPS) is 10.2. The monoisotopic (exact) mass is 310 g/mol. The summed E-state index contributed by atoms with van der Waals surface area (Å²) in [6.45, 7) is 4.45. The SMILES string of the molecule is CC(C)CN(CCC#N)C(=O)c1ccnc(Cl)c1[N+](=O)[O-]. The number of pyridine rings is 1. The van der Waals surface area contributed by atoms with E-state index in [-0.39, 0.29) is 29.6 Å². The number of nitriles is 1. The van der Waals surface area contributed by atoms with E-state index >= 15 is 0 Å². The van der Waals surface area contributed by atoms with E-state index in [9.17, 15) is 14.9 Å². The summed E-state index contributed by atoms with van der Waals surface area (Å²) in [7, 11) is 0. The van der Waals surface area contributed by atoms with Gasteiger partial charge in [-0.3, -0.25) is 14.9 Å². The van der Waals surface area contributed by atoms with Gasteiger partial charge in [0.2, 0.25) is 5.15 Å². The third-order valence-corrected chi connectivity index (χ3v) is 2.94. The summed E-state index contributed by atoms with van der Waals surface area (Å²) in [4.78, 5) is 27.9. The Kier molecular flexibility index (Phi) is 6.06. The van der Waals surface area contributed by atoms with Crippen molar-refractivity contribution in [3.63, 3.8) is 0 Å². The van der Waals surface area contributed by atoms with E-state index in [0.717, 1.165) is 0 Å². The highest BCUT2D eigenvalue weighted by Gasteiger charge is 2.28. The average Bonchev–Trinajstić information content (AvgIpc) is 2.41. The average molecular weight is 311 g/mol. The molecule has 0 aliphatic rings. The zero-order valence-corrected chi connectivity index (χ0v) is 12.5. The standard InChI is InChI=1S/C13H15ClN4O3/c1-9(2)8-17(7-3-5-15)13(19)10-4-6-16-12(14)11(10)18(20)21/h4,6,9H,3,7-8H2,1-2H3. The summed E-state index contributed by atoms with van der Waals surface area (Å²) in [6.07, 6.45) is 1.41. The van der Waals surface area contributed by atoms with Crippen LogP contribution >= 0.6 is 11.6 Å². The first-order valence-electron chi connectivity index (χ1n) is 6.33. The number of nitrogens with zero attached hydrogens (tertiary/aromatic N) is 4. The molecule has 7 nitrogen and oxygen atoms in total. The largest absolute Gasteiger partial charge is 0.337 e. The van der Waals surface area contributed by atoms with Gasteiger partial charge in [0.25, 0.3) is 5.91 Å². The Morgan fingerprint density at radius 3 is 2.81 bits per heavy atom. The number of hydrogen-bond acceptors (Lipinski definition) is 5. The molecule has 1 aromatic heterocycles. The minimum Gasteiger partial charge on any atom is -0.337 e. The van der Waals surface area contributed by atoms with Gasteiger partial charge < -0.3 is 4.90 Å². The van der Waals surface area contributed by atoms with Crippen LogP contribution in [0.1, 0.15) is 30.6 Å². The Morgan fingerprint density at radius 1 is 1.62 bits per heavy atom. The molecule has 0 saturated carbocycles. The molecular weight excluding hydrogens is 296 g/mol. The lowest BCUT2D eigenvalue weighted by molar-refractivity contribution is -0.385. The van der Waals surface area contributed by atoms with Crippen molar-refractivity contribution in [3.8, 4) is 6.07 Å². The van der Waals surface area contributed by atoms with Gasteiger partial charge in [-0.25, -0.2) is 4.98 Å². The predicted octanol–water partition coefficient (Wildman–Crippen LogP) is 2.66. The van der Waals surface area contributed by atoms with Crippen LogP contribution in [0.3, 0.4) is 0 Å². The van der Waals surface area contributed by atoms with Crippen molar-refractivity contribution >= 4 is 23.2 Å². The molecule has 1 rings (SSSR count). The Labute approximate surface area is 127 Å². The van der Waals surface area contributed by atoms with Gasteiger partial charge in [0.1, 0.15) is 5.56 Å². The molecule has 0 aromatic carbocycles. The molecular formula is C13H15ClN4O3. The quantitative estimate of drug-likeness (QED) is 0.457. The molecule has 0 saturated heterocycles. The van der Waals surface area contributed by atoms with E-state index < -0.39 is 16.5 Å². The van der Waals surface area contributed by atoms with E-state index in [4.69, 9.17) is 16.9 Å². The molecule has 0 spiro atoms. The van der Waals surface area contributed by atoms with Gasteiger partial charge in [-0.15, -0.1) is 0 Å². The van der Waals surface area contributed by atoms with Crippen LogP contribution in [-0.4, -0.2) is 33.8 Å². The molecule has 1 aromatic rings.